The minimum absolute atomic E-state index is 0.129. The first-order chi connectivity index (χ1) is 16.2. The molecule has 0 aliphatic carbocycles. The van der Waals surface area contributed by atoms with Gasteiger partial charge in [0.2, 0.25) is 0 Å². The molecule has 1 N–H and O–H groups in total. The average molecular weight is 464 g/mol. The van der Waals surface area contributed by atoms with Crippen LogP contribution in [0, 0.1) is 0 Å². The van der Waals surface area contributed by atoms with Crippen molar-refractivity contribution in [1.82, 2.24) is 15.2 Å². The van der Waals surface area contributed by atoms with Crippen molar-refractivity contribution >= 4 is 23.3 Å². The van der Waals surface area contributed by atoms with Crippen LogP contribution < -0.4 is 5.32 Å². The average Bonchev–Trinajstić information content (AvgIpc) is 3.61. The largest absolute Gasteiger partial charge is 0.465 e. The maximum absolute atomic E-state index is 12.3. The highest BCUT2D eigenvalue weighted by Gasteiger charge is 2.43. The summed E-state index contributed by atoms with van der Waals surface area (Å²) >= 11 is 5.73. The first kappa shape index (κ1) is 21.6. The lowest BCUT2D eigenvalue weighted by atomic mass is 10.0. The van der Waals surface area contributed by atoms with E-state index in [1.54, 1.807) is 18.3 Å². The Morgan fingerprint density at radius 2 is 2.06 bits per heavy atom. The number of hydrogen-bond acceptors (Lipinski definition) is 6. The fourth-order valence-electron chi connectivity index (χ4n) is 4.56. The Morgan fingerprint density at radius 3 is 2.82 bits per heavy atom. The SMILES string of the molecule is COC(=O)c1ccccc1-c1ccc([C@@H]2[C@H](c3ccccn3)NC(=S)N2C[C@@H]2CCCO2)o1. The molecule has 0 unspecified atom stereocenters. The number of thiocarbonyl (C=S) groups is 1. The van der Waals surface area contributed by atoms with Gasteiger partial charge in [-0.3, -0.25) is 4.98 Å². The Balaban J connectivity index is 1.52. The number of esters is 1. The van der Waals surface area contributed by atoms with Gasteiger partial charge in [0.05, 0.1) is 30.5 Å². The molecule has 33 heavy (non-hydrogen) atoms. The number of hydrogen-bond donors (Lipinski definition) is 1. The van der Waals surface area contributed by atoms with Crippen molar-refractivity contribution in [3.8, 4) is 11.3 Å². The van der Waals surface area contributed by atoms with Crippen LogP contribution in [0.1, 0.15) is 46.7 Å². The molecule has 1 aromatic carbocycles. The van der Waals surface area contributed by atoms with Gasteiger partial charge in [-0.05, 0) is 55.4 Å². The van der Waals surface area contributed by atoms with Crippen LogP contribution in [0.3, 0.4) is 0 Å². The van der Waals surface area contributed by atoms with Gasteiger partial charge in [0.25, 0.3) is 0 Å². The summed E-state index contributed by atoms with van der Waals surface area (Å²) in [5, 5.41) is 4.09. The van der Waals surface area contributed by atoms with E-state index in [9.17, 15) is 4.79 Å². The molecule has 7 nitrogen and oxygen atoms in total. The van der Waals surface area contributed by atoms with Crippen molar-refractivity contribution in [3.05, 3.63) is 77.8 Å². The fraction of sp³-hybridized carbons (Fsp3) is 0.320. The standard InChI is InChI=1S/C25H25N3O4S/c1-30-24(29)18-9-3-2-8-17(18)20-11-12-21(32-20)23-22(19-10-4-5-13-26-19)27-25(33)28(23)15-16-7-6-14-31-16/h2-5,8-13,16,22-23H,6-7,14-15H2,1H3,(H,27,33)/t16-,22-,23+/m0/s1. The third-order valence-corrected chi connectivity index (χ3v) is 6.49. The van der Waals surface area contributed by atoms with Crippen LogP contribution in [-0.4, -0.2) is 47.3 Å². The molecule has 2 aliphatic heterocycles. The van der Waals surface area contributed by atoms with Gasteiger partial charge in [-0.1, -0.05) is 24.3 Å². The molecule has 170 valence electrons. The summed E-state index contributed by atoms with van der Waals surface area (Å²) in [7, 11) is 1.37. The van der Waals surface area contributed by atoms with Gasteiger partial charge in [0.1, 0.15) is 17.6 Å². The van der Waals surface area contributed by atoms with Gasteiger partial charge in [-0.2, -0.15) is 0 Å². The topological polar surface area (TPSA) is 76.8 Å². The van der Waals surface area contributed by atoms with Crippen molar-refractivity contribution in [2.24, 2.45) is 0 Å². The number of aromatic nitrogens is 1. The molecule has 4 heterocycles. The summed E-state index contributed by atoms with van der Waals surface area (Å²) in [6.45, 7) is 1.46. The second-order valence-electron chi connectivity index (χ2n) is 8.15. The van der Waals surface area contributed by atoms with Crippen molar-refractivity contribution in [2.75, 3.05) is 20.3 Å². The van der Waals surface area contributed by atoms with Gasteiger partial charge in [0.15, 0.2) is 5.11 Å². The summed E-state index contributed by atoms with van der Waals surface area (Å²) in [4.78, 5) is 19.0. The van der Waals surface area contributed by atoms with Crippen molar-refractivity contribution in [1.29, 1.82) is 0 Å². The molecular weight excluding hydrogens is 438 g/mol. The van der Waals surface area contributed by atoms with Gasteiger partial charge < -0.3 is 24.1 Å². The molecular formula is C25H25N3O4S. The molecule has 3 atom stereocenters. The molecule has 2 aromatic heterocycles. The van der Waals surface area contributed by atoms with Crippen LogP contribution in [-0.2, 0) is 9.47 Å². The lowest BCUT2D eigenvalue weighted by Crippen LogP contribution is -2.36. The minimum Gasteiger partial charge on any atom is -0.465 e. The number of carbonyl (C=O) groups is 1. The van der Waals surface area contributed by atoms with Crippen molar-refractivity contribution < 1.29 is 18.7 Å². The van der Waals surface area contributed by atoms with Crippen LogP contribution in [0.4, 0.5) is 0 Å². The monoisotopic (exact) mass is 463 g/mol. The van der Waals surface area contributed by atoms with E-state index < -0.39 is 5.97 Å². The lowest BCUT2D eigenvalue weighted by molar-refractivity contribution is 0.0601. The Hall–Kier alpha value is -3.23. The van der Waals surface area contributed by atoms with E-state index in [1.807, 2.05) is 42.5 Å². The Kier molecular flexibility index (Phi) is 6.11. The van der Waals surface area contributed by atoms with Crippen molar-refractivity contribution in [2.45, 2.75) is 31.0 Å². The van der Waals surface area contributed by atoms with E-state index in [4.69, 9.17) is 26.1 Å². The number of carbonyl (C=O) groups excluding carboxylic acids is 1. The molecule has 2 saturated heterocycles. The highest BCUT2D eigenvalue weighted by Crippen LogP contribution is 2.41. The van der Waals surface area contributed by atoms with Gasteiger partial charge in [-0.25, -0.2) is 4.79 Å². The van der Waals surface area contributed by atoms with E-state index in [0.717, 1.165) is 30.9 Å². The van der Waals surface area contributed by atoms with Crippen molar-refractivity contribution in [3.63, 3.8) is 0 Å². The molecule has 0 bridgehead atoms. The third kappa shape index (κ3) is 4.24. The predicted octanol–water partition coefficient (Wildman–Crippen LogP) is 4.28. The molecule has 5 rings (SSSR count). The smallest absolute Gasteiger partial charge is 0.338 e. The molecule has 2 aliphatic rings. The zero-order valence-electron chi connectivity index (χ0n) is 18.3. The molecule has 3 aromatic rings. The molecule has 2 fully saturated rings. The minimum atomic E-state index is -0.404. The number of methoxy groups -OCH3 is 1. The Morgan fingerprint density at radius 1 is 1.21 bits per heavy atom. The number of nitrogens with zero attached hydrogens (tertiary/aromatic N) is 2. The van der Waals surface area contributed by atoms with E-state index in [1.165, 1.54) is 7.11 Å². The normalized spacial score (nSPS) is 22.4. The van der Waals surface area contributed by atoms with Gasteiger partial charge in [-0.15, -0.1) is 0 Å². The fourth-order valence-corrected chi connectivity index (χ4v) is 4.88. The predicted molar refractivity (Wildman–Crippen MR) is 127 cm³/mol. The zero-order valence-corrected chi connectivity index (χ0v) is 19.1. The summed E-state index contributed by atoms with van der Waals surface area (Å²) < 4.78 is 17.2. The number of rotatable bonds is 6. The van der Waals surface area contributed by atoms with Gasteiger partial charge >= 0.3 is 5.97 Å². The maximum atomic E-state index is 12.3. The van der Waals surface area contributed by atoms with E-state index in [0.29, 0.717) is 28.5 Å². The molecule has 0 spiro atoms. The highest BCUT2D eigenvalue weighted by atomic mass is 32.1. The second kappa shape index (κ2) is 9.33. The molecule has 0 radical (unpaired) electrons. The Bertz CT molecular complexity index is 1140. The van der Waals surface area contributed by atoms with Crippen LogP contribution in [0.15, 0.2) is 65.2 Å². The molecule has 0 saturated carbocycles. The first-order valence-electron chi connectivity index (χ1n) is 11.0. The van der Waals surface area contributed by atoms with Crippen LogP contribution >= 0.6 is 12.2 Å². The zero-order chi connectivity index (χ0) is 22.8. The number of furan rings is 1. The summed E-state index contributed by atoms with van der Waals surface area (Å²) in [5.41, 5.74) is 2.02. The van der Waals surface area contributed by atoms with Gasteiger partial charge in [0, 0.05) is 24.9 Å². The quantitative estimate of drug-likeness (QED) is 0.429. The van der Waals surface area contributed by atoms with Crippen LogP contribution in [0.5, 0.6) is 0 Å². The van der Waals surface area contributed by atoms with E-state index in [-0.39, 0.29) is 18.2 Å². The lowest BCUT2D eigenvalue weighted by Gasteiger charge is -2.28. The van der Waals surface area contributed by atoms with E-state index in [2.05, 4.69) is 15.2 Å². The number of benzene rings is 1. The summed E-state index contributed by atoms with van der Waals surface area (Å²) in [6, 6.07) is 16.6. The third-order valence-electron chi connectivity index (χ3n) is 6.14. The summed E-state index contributed by atoms with van der Waals surface area (Å²) in [6.07, 6.45) is 3.97. The number of pyridine rings is 1. The number of ether oxygens (including phenoxy) is 2. The molecule has 8 heteroatoms. The Labute approximate surface area is 197 Å². The van der Waals surface area contributed by atoms with Crippen LogP contribution in [0.25, 0.3) is 11.3 Å². The van der Waals surface area contributed by atoms with Crippen LogP contribution in [0.2, 0.25) is 0 Å². The molecule has 0 amide bonds. The summed E-state index contributed by atoms with van der Waals surface area (Å²) in [5.74, 6) is 0.935. The second-order valence-corrected chi connectivity index (χ2v) is 8.54. The van der Waals surface area contributed by atoms with E-state index >= 15 is 0 Å². The maximum Gasteiger partial charge on any atom is 0.338 e. The number of nitrogens with one attached hydrogen (secondary N) is 1. The highest BCUT2D eigenvalue weighted by molar-refractivity contribution is 7.80. The first-order valence-corrected chi connectivity index (χ1v) is 11.4.